The first-order valence-corrected chi connectivity index (χ1v) is 8.65. The third kappa shape index (κ3) is 4.85. The zero-order valence-electron chi connectivity index (χ0n) is 11.6. The standard InChI is InChI=1S/C12H22N2O3S2/c1-4-10(2)14(3)6-5-13-19(16,17)12-7-11(8-15)18-9-12/h7,9-10,13,15H,4-6,8H2,1-3H3. The molecular formula is C12H22N2O3S2. The average molecular weight is 306 g/mol. The summed E-state index contributed by atoms with van der Waals surface area (Å²) in [5, 5.41) is 10.5. The van der Waals surface area contributed by atoms with E-state index in [1.807, 2.05) is 7.05 Å². The van der Waals surface area contributed by atoms with Gasteiger partial charge in [-0.25, -0.2) is 13.1 Å². The molecule has 1 aromatic rings. The quantitative estimate of drug-likeness (QED) is 0.758. The number of nitrogens with zero attached hydrogens (tertiary/aromatic N) is 1. The minimum absolute atomic E-state index is 0.128. The van der Waals surface area contributed by atoms with E-state index in [4.69, 9.17) is 5.11 Å². The highest BCUT2D eigenvalue weighted by atomic mass is 32.2. The van der Waals surface area contributed by atoms with Gasteiger partial charge in [0.1, 0.15) is 0 Å². The van der Waals surface area contributed by atoms with E-state index in [2.05, 4.69) is 23.5 Å². The van der Waals surface area contributed by atoms with Gasteiger partial charge in [-0.15, -0.1) is 11.3 Å². The van der Waals surface area contributed by atoms with E-state index in [0.29, 0.717) is 24.0 Å². The van der Waals surface area contributed by atoms with Crippen molar-refractivity contribution in [2.24, 2.45) is 0 Å². The summed E-state index contributed by atoms with van der Waals surface area (Å²) in [4.78, 5) is 3.00. The Morgan fingerprint density at radius 1 is 1.53 bits per heavy atom. The van der Waals surface area contributed by atoms with Gasteiger partial charge in [-0.3, -0.25) is 0 Å². The third-order valence-electron chi connectivity index (χ3n) is 3.20. The van der Waals surface area contributed by atoms with Gasteiger partial charge >= 0.3 is 0 Å². The number of aliphatic hydroxyl groups excluding tert-OH is 1. The second-order valence-corrected chi connectivity index (χ2v) is 7.31. The SMILES string of the molecule is CCC(C)N(C)CCNS(=O)(=O)c1csc(CO)c1. The van der Waals surface area contributed by atoms with Gasteiger partial charge in [0.05, 0.1) is 11.5 Å². The van der Waals surface area contributed by atoms with E-state index in [-0.39, 0.29) is 11.5 Å². The molecule has 0 aliphatic heterocycles. The van der Waals surface area contributed by atoms with Crippen molar-refractivity contribution in [1.82, 2.24) is 9.62 Å². The molecule has 0 saturated heterocycles. The molecular weight excluding hydrogens is 284 g/mol. The van der Waals surface area contributed by atoms with E-state index >= 15 is 0 Å². The Kier molecular flexibility index (Phi) is 6.41. The lowest BCUT2D eigenvalue weighted by Crippen LogP contribution is -2.36. The first-order chi connectivity index (χ1) is 8.90. The van der Waals surface area contributed by atoms with Crippen molar-refractivity contribution in [3.8, 4) is 0 Å². The maximum Gasteiger partial charge on any atom is 0.241 e. The first-order valence-electron chi connectivity index (χ1n) is 6.29. The van der Waals surface area contributed by atoms with Crippen LogP contribution in [-0.2, 0) is 16.6 Å². The highest BCUT2D eigenvalue weighted by Gasteiger charge is 2.16. The van der Waals surface area contributed by atoms with Crippen LogP contribution in [-0.4, -0.2) is 44.6 Å². The number of hydrogen-bond acceptors (Lipinski definition) is 5. The Balaban J connectivity index is 2.52. The van der Waals surface area contributed by atoms with Crippen molar-refractivity contribution in [3.63, 3.8) is 0 Å². The number of likely N-dealkylation sites (N-methyl/N-ethyl adjacent to an activating group) is 1. The van der Waals surface area contributed by atoms with Crippen molar-refractivity contribution >= 4 is 21.4 Å². The maximum atomic E-state index is 12.0. The molecule has 19 heavy (non-hydrogen) atoms. The molecule has 0 bridgehead atoms. The van der Waals surface area contributed by atoms with Gasteiger partial charge in [-0.2, -0.15) is 0 Å². The van der Waals surface area contributed by atoms with Crippen LogP contribution in [0.3, 0.4) is 0 Å². The van der Waals surface area contributed by atoms with Crippen molar-refractivity contribution in [1.29, 1.82) is 0 Å². The molecule has 2 N–H and O–H groups in total. The van der Waals surface area contributed by atoms with E-state index < -0.39 is 10.0 Å². The molecule has 1 unspecified atom stereocenters. The molecule has 1 rings (SSSR count). The molecule has 0 aliphatic rings. The van der Waals surface area contributed by atoms with Crippen LogP contribution in [0.25, 0.3) is 0 Å². The van der Waals surface area contributed by atoms with Gasteiger partial charge in [0.2, 0.25) is 10.0 Å². The number of rotatable bonds is 8. The molecule has 0 radical (unpaired) electrons. The minimum atomic E-state index is -3.45. The second-order valence-electron chi connectivity index (χ2n) is 4.54. The molecule has 5 nitrogen and oxygen atoms in total. The maximum absolute atomic E-state index is 12.0. The van der Waals surface area contributed by atoms with Crippen molar-refractivity contribution in [2.75, 3.05) is 20.1 Å². The van der Waals surface area contributed by atoms with E-state index in [1.54, 1.807) is 5.38 Å². The number of aliphatic hydroxyl groups is 1. The number of nitrogens with one attached hydrogen (secondary N) is 1. The summed E-state index contributed by atoms with van der Waals surface area (Å²) in [6.45, 7) is 5.14. The Morgan fingerprint density at radius 2 is 2.21 bits per heavy atom. The topological polar surface area (TPSA) is 69.6 Å². The monoisotopic (exact) mass is 306 g/mol. The van der Waals surface area contributed by atoms with E-state index in [0.717, 1.165) is 6.42 Å². The van der Waals surface area contributed by atoms with Gasteiger partial charge in [-0.1, -0.05) is 6.92 Å². The van der Waals surface area contributed by atoms with Gasteiger partial charge < -0.3 is 10.0 Å². The zero-order chi connectivity index (χ0) is 14.5. The highest BCUT2D eigenvalue weighted by molar-refractivity contribution is 7.89. The molecule has 110 valence electrons. The summed E-state index contributed by atoms with van der Waals surface area (Å²) in [6.07, 6.45) is 1.04. The highest BCUT2D eigenvalue weighted by Crippen LogP contribution is 2.18. The Morgan fingerprint density at radius 3 is 2.74 bits per heavy atom. The lowest BCUT2D eigenvalue weighted by atomic mass is 10.2. The van der Waals surface area contributed by atoms with Gasteiger partial charge in [0, 0.05) is 29.4 Å². The Bertz CT molecular complexity index is 485. The molecule has 7 heteroatoms. The summed E-state index contributed by atoms with van der Waals surface area (Å²) < 4.78 is 26.5. The van der Waals surface area contributed by atoms with E-state index in [1.165, 1.54) is 17.4 Å². The van der Waals surface area contributed by atoms with Crippen LogP contribution in [0.2, 0.25) is 0 Å². The molecule has 0 aliphatic carbocycles. The van der Waals surface area contributed by atoms with Gasteiger partial charge in [0.15, 0.2) is 0 Å². The summed E-state index contributed by atoms with van der Waals surface area (Å²) in [5.41, 5.74) is 0. The van der Waals surface area contributed by atoms with Crippen molar-refractivity contribution in [3.05, 3.63) is 16.3 Å². The van der Waals surface area contributed by atoms with Crippen molar-refractivity contribution in [2.45, 2.75) is 37.8 Å². The summed E-state index contributed by atoms with van der Waals surface area (Å²) in [5.74, 6) is 0. The second kappa shape index (κ2) is 7.35. The lowest BCUT2D eigenvalue weighted by Gasteiger charge is -2.23. The summed E-state index contributed by atoms with van der Waals surface area (Å²) in [6, 6.07) is 1.94. The molecule has 0 fully saturated rings. The first kappa shape index (κ1) is 16.6. The van der Waals surface area contributed by atoms with Crippen LogP contribution in [0.15, 0.2) is 16.3 Å². The summed E-state index contributed by atoms with van der Waals surface area (Å²) >= 11 is 1.25. The fourth-order valence-electron chi connectivity index (χ4n) is 1.56. The number of sulfonamides is 1. The zero-order valence-corrected chi connectivity index (χ0v) is 13.2. The summed E-state index contributed by atoms with van der Waals surface area (Å²) in [7, 11) is -1.47. The molecule has 1 atom stereocenters. The predicted molar refractivity (Wildman–Crippen MR) is 77.8 cm³/mol. The lowest BCUT2D eigenvalue weighted by molar-refractivity contribution is 0.256. The van der Waals surface area contributed by atoms with Crippen LogP contribution in [0, 0.1) is 0 Å². The molecule has 0 aromatic carbocycles. The number of thiophene rings is 1. The molecule has 1 heterocycles. The normalized spacial score (nSPS) is 13.9. The smallest absolute Gasteiger partial charge is 0.241 e. The minimum Gasteiger partial charge on any atom is -0.391 e. The van der Waals surface area contributed by atoms with Crippen LogP contribution in [0.1, 0.15) is 25.1 Å². The largest absolute Gasteiger partial charge is 0.391 e. The molecule has 0 spiro atoms. The Hall–Kier alpha value is -0.470. The third-order valence-corrected chi connectivity index (χ3v) is 5.71. The number of hydrogen-bond donors (Lipinski definition) is 2. The van der Waals surface area contributed by atoms with Gasteiger partial charge in [0.25, 0.3) is 0 Å². The molecule has 0 amide bonds. The molecule has 1 aromatic heterocycles. The van der Waals surface area contributed by atoms with Gasteiger partial charge in [-0.05, 0) is 26.5 Å². The van der Waals surface area contributed by atoms with Crippen LogP contribution in [0.5, 0.6) is 0 Å². The predicted octanol–water partition coefficient (Wildman–Crippen LogP) is 1.25. The van der Waals surface area contributed by atoms with Crippen LogP contribution >= 0.6 is 11.3 Å². The Labute approximate surface area is 119 Å². The average Bonchev–Trinajstić information content (AvgIpc) is 2.86. The fourth-order valence-corrected chi connectivity index (χ4v) is 3.71. The van der Waals surface area contributed by atoms with Crippen LogP contribution < -0.4 is 4.72 Å². The van der Waals surface area contributed by atoms with Crippen LogP contribution in [0.4, 0.5) is 0 Å². The molecule has 0 saturated carbocycles. The fraction of sp³-hybridized carbons (Fsp3) is 0.667. The van der Waals surface area contributed by atoms with E-state index in [9.17, 15) is 8.42 Å². The van der Waals surface area contributed by atoms with Crippen molar-refractivity contribution < 1.29 is 13.5 Å².